The average molecular weight is 222 g/mol. The van der Waals surface area contributed by atoms with Gasteiger partial charge in [0.15, 0.2) is 0 Å². The molecule has 1 fully saturated rings. The van der Waals surface area contributed by atoms with Crippen molar-refractivity contribution in [3.05, 3.63) is 0 Å². The smallest absolute Gasteiger partial charge is 0.240 e. The Bertz CT molecular complexity index is 317. The maximum Gasteiger partial charge on any atom is 0.240 e. The first-order valence-electron chi connectivity index (χ1n) is 5.52. The van der Waals surface area contributed by atoms with Gasteiger partial charge in [-0.25, -0.2) is 0 Å². The van der Waals surface area contributed by atoms with Crippen molar-refractivity contribution in [2.45, 2.75) is 20.3 Å². The lowest BCUT2D eigenvalue weighted by Crippen LogP contribution is -2.38. The quantitative estimate of drug-likeness (QED) is 0.693. The fourth-order valence-corrected chi connectivity index (χ4v) is 1.78. The van der Waals surface area contributed by atoms with E-state index < -0.39 is 0 Å². The summed E-state index contributed by atoms with van der Waals surface area (Å²) in [5.41, 5.74) is 0. The summed E-state index contributed by atoms with van der Waals surface area (Å²) in [7, 11) is 0. The molecule has 0 aliphatic carbocycles. The average Bonchev–Trinajstić information content (AvgIpc) is 2.57. The van der Waals surface area contributed by atoms with Crippen LogP contribution in [0.25, 0.3) is 0 Å². The summed E-state index contributed by atoms with van der Waals surface area (Å²) in [5.74, 6) is 3.05. The molecule has 1 aliphatic heterocycles. The molecule has 0 radical (unpaired) electrons. The van der Waals surface area contributed by atoms with E-state index in [9.17, 15) is 9.59 Å². The highest BCUT2D eigenvalue weighted by molar-refractivity contribution is 5.86. The Morgan fingerprint density at radius 1 is 1.69 bits per heavy atom. The van der Waals surface area contributed by atoms with Gasteiger partial charge >= 0.3 is 0 Å². The van der Waals surface area contributed by atoms with Gasteiger partial charge in [-0.15, -0.1) is 6.42 Å². The van der Waals surface area contributed by atoms with E-state index in [1.54, 1.807) is 4.90 Å². The van der Waals surface area contributed by atoms with Gasteiger partial charge in [0.1, 0.15) is 0 Å². The first kappa shape index (κ1) is 12.6. The van der Waals surface area contributed by atoms with Crippen molar-refractivity contribution in [2.24, 2.45) is 11.8 Å². The Morgan fingerprint density at radius 3 is 2.88 bits per heavy atom. The molecule has 0 aromatic rings. The third kappa shape index (κ3) is 3.27. The second-order valence-corrected chi connectivity index (χ2v) is 4.46. The van der Waals surface area contributed by atoms with Gasteiger partial charge in [-0.3, -0.25) is 9.59 Å². The second kappa shape index (κ2) is 5.55. The van der Waals surface area contributed by atoms with Gasteiger partial charge in [0.2, 0.25) is 11.8 Å². The Labute approximate surface area is 96.4 Å². The molecule has 4 nitrogen and oxygen atoms in total. The zero-order valence-corrected chi connectivity index (χ0v) is 9.82. The summed E-state index contributed by atoms with van der Waals surface area (Å²) >= 11 is 0. The minimum Gasteiger partial charge on any atom is -0.344 e. The summed E-state index contributed by atoms with van der Waals surface area (Å²) in [6, 6.07) is 0. The van der Waals surface area contributed by atoms with Crippen LogP contribution >= 0.6 is 0 Å². The van der Waals surface area contributed by atoms with Crippen LogP contribution in [0.3, 0.4) is 0 Å². The van der Waals surface area contributed by atoms with Crippen LogP contribution in [0, 0.1) is 24.2 Å². The van der Waals surface area contributed by atoms with E-state index in [2.05, 4.69) is 25.1 Å². The molecular formula is C12H18N2O2. The third-order valence-corrected chi connectivity index (χ3v) is 2.91. The molecule has 1 rings (SSSR count). The van der Waals surface area contributed by atoms with Gasteiger partial charge in [-0.05, 0) is 11.8 Å². The standard InChI is InChI=1S/C12H18N2O2/c1-4-5-13-11(15)8-14-7-10(9(2)3)6-12(14)16/h1,9-10H,5-8H2,2-3H3,(H,13,15). The Hall–Kier alpha value is -1.50. The van der Waals surface area contributed by atoms with Crippen molar-refractivity contribution in [3.63, 3.8) is 0 Å². The van der Waals surface area contributed by atoms with Gasteiger partial charge in [0, 0.05) is 13.0 Å². The molecular weight excluding hydrogens is 204 g/mol. The molecule has 1 saturated heterocycles. The van der Waals surface area contributed by atoms with Crippen LogP contribution < -0.4 is 5.32 Å². The minimum atomic E-state index is -0.185. The monoisotopic (exact) mass is 222 g/mol. The predicted molar refractivity (Wildman–Crippen MR) is 61.4 cm³/mol. The van der Waals surface area contributed by atoms with Gasteiger partial charge in [0.05, 0.1) is 13.1 Å². The van der Waals surface area contributed by atoms with E-state index in [1.807, 2.05) is 0 Å². The van der Waals surface area contributed by atoms with Gasteiger partial charge in [-0.1, -0.05) is 19.8 Å². The van der Waals surface area contributed by atoms with Crippen LogP contribution in [-0.2, 0) is 9.59 Å². The van der Waals surface area contributed by atoms with Crippen molar-refractivity contribution in [1.29, 1.82) is 0 Å². The van der Waals surface area contributed by atoms with Crippen molar-refractivity contribution in [1.82, 2.24) is 10.2 Å². The molecule has 1 N–H and O–H groups in total. The highest BCUT2D eigenvalue weighted by Crippen LogP contribution is 2.24. The maximum absolute atomic E-state index is 11.6. The molecule has 0 saturated carbocycles. The van der Waals surface area contributed by atoms with E-state index >= 15 is 0 Å². The van der Waals surface area contributed by atoms with E-state index in [-0.39, 0.29) is 24.9 Å². The largest absolute Gasteiger partial charge is 0.344 e. The fraction of sp³-hybridized carbons (Fsp3) is 0.667. The highest BCUT2D eigenvalue weighted by atomic mass is 16.2. The number of amides is 2. The molecule has 1 atom stereocenters. The van der Waals surface area contributed by atoms with E-state index in [4.69, 9.17) is 6.42 Å². The van der Waals surface area contributed by atoms with Crippen LogP contribution in [0.15, 0.2) is 0 Å². The lowest BCUT2D eigenvalue weighted by molar-refractivity contribution is -0.132. The molecule has 0 aromatic heterocycles. The summed E-state index contributed by atoms with van der Waals surface area (Å²) in [5, 5.41) is 2.55. The number of terminal acetylenes is 1. The van der Waals surface area contributed by atoms with E-state index in [0.29, 0.717) is 24.8 Å². The molecule has 88 valence electrons. The Balaban J connectivity index is 2.41. The van der Waals surface area contributed by atoms with Crippen molar-refractivity contribution >= 4 is 11.8 Å². The van der Waals surface area contributed by atoms with Crippen LogP contribution in [0.4, 0.5) is 0 Å². The van der Waals surface area contributed by atoms with Crippen molar-refractivity contribution in [3.8, 4) is 12.3 Å². The van der Waals surface area contributed by atoms with Gasteiger partial charge in [-0.2, -0.15) is 0 Å². The second-order valence-electron chi connectivity index (χ2n) is 4.46. The number of hydrogen-bond acceptors (Lipinski definition) is 2. The Kier molecular flexibility index (Phi) is 4.36. The summed E-state index contributed by atoms with van der Waals surface area (Å²) in [6.07, 6.45) is 5.58. The van der Waals surface area contributed by atoms with E-state index in [0.717, 1.165) is 0 Å². The van der Waals surface area contributed by atoms with Crippen molar-refractivity contribution in [2.75, 3.05) is 19.6 Å². The van der Waals surface area contributed by atoms with Crippen LogP contribution in [-0.4, -0.2) is 36.3 Å². The number of nitrogens with zero attached hydrogens (tertiary/aromatic N) is 1. The lowest BCUT2D eigenvalue weighted by Gasteiger charge is -2.17. The summed E-state index contributed by atoms with van der Waals surface area (Å²) in [4.78, 5) is 24.6. The highest BCUT2D eigenvalue weighted by Gasteiger charge is 2.32. The number of carbonyl (C=O) groups excluding carboxylic acids is 2. The fourth-order valence-electron chi connectivity index (χ4n) is 1.78. The SMILES string of the molecule is C#CCNC(=O)CN1CC(C(C)C)CC1=O. The molecule has 2 amide bonds. The molecule has 1 heterocycles. The molecule has 1 unspecified atom stereocenters. The molecule has 16 heavy (non-hydrogen) atoms. The lowest BCUT2D eigenvalue weighted by atomic mass is 9.95. The van der Waals surface area contributed by atoms with Gasteiger partial charge < -0.3 is 10.2 Å². The first-order valence-corrected chi connectivity index (χ1v) is 5.52. The summed E-state index contributed by atoms with van der Waals surface area (Å²) < 4.78 is 0. The molecule has 1 aliphatic rings. The number of rotatable bonds is 4. The van der Waals surface area contributed by atoms with Gasteiger partial charge in [0.25, 0.3) is 0 Å². The Morgan fingerprint density at radius 2 is 2.38 bits per heavy atom. The van der Waals surface area contributed by atoms with Crippen LogP contribution in [0.1, 0.15) is 20.3 Å². The molecule has 4 heteroatoms. The summed E-state index contributed by atoms with van der Waals surface area (Å²) in [6.45, 7) is 5.22. The number of carbonyl (C=O) groups is 2. The zero-order chi connectivity index (χ0) is 12.1. The van der Waals surface area contributed by atoms with Crippen LogP contribution in [0.5, 0.6) is 0 Å². The maximum atomic E-state index is 11.6. The van der Waals surface area contributed by atoms with E-state index in [1.165, 1.54) is 0 Å². The molecule has 0 spiro atoms. The number of likely N-dealkylation sites (tertiary alicyclic amines) is 1. The molecule has 0 bridgehead atoms. The molecule has 0 aromatic carbocycles. The topological polar surface area (TPSA) is 49.4 Å². The normalized spacial score (nSPS) is 20.0. The number of nitrogens with one attached hydrogen (secondary N) is 1. The van der Waals surface area contributed by atoms with Crippen LogP contribution in [0.2, 0.25) is 0 Å². The number of hydrogen-bond donors (Lipinski definition) is 1. The third-order valence-electron chi connectivity index (χ3n) is 2.91. The first-order chi connectivity index (χ1) is 7.54. The predicted octanol–water partition coefficient (Wildman–Crippen LogP) is 0.240. The van der Waals surface area contributed by atoms with Crippen molar-refractivity contribution < 1.29 is 9.59 Å². The minimum absolute atomic E-state index is 0.0644. The zero-order valence-electron chi connectivity index (χ0n) is 9.82.